The Morgan fingerprint density at radius 3 is 1.29 bits per heavy atom. The molecule has 0 aromatic heterocycles. The van der Waals surface area contributed by atoms with Crippen molar-refractivity contribution in [3.8, 4) is 0 Å². The monoisotopic (exact) mass is 1170 g/mol. The van der Waals surface area contributed by atoms with Crippen molar-refractivity contribution in [3.63, 3.8) is 0 Å². The minimum absolute atomic E-state index is 0.0118. The molecule has 1 unspecified atom stereocenters. The van der Waals surface area contributed by atoms with Gasteiger partial charge in [0.05, 0.1) is 12.6 Å². The number of likely N-dealkylation sites (N-methyl/N-ethyl adjacent to an activating group) is 7. The summed E-state index contributed by atoms with van der Waals surface area (Å²) in [6.45, 7) is 31.1. The molecule has 1 aliphatic rings. The van der Waals surface area contributed by atoms with Crippen LogP contribution in [0.3, 0.4) is 0 Å². The van der Waals surface area contributed by atoms with E-state index in [0.717, 1.165) is 9.80 Å². The van der Waals surface area contributed by atoms with Gasteiger partial charge in [0.2, 0.25) is 65.0 Å². The third kappa shape index (κ3) is 20.6. The molecule has 11 amide bonds. The molecule has 0 aromatic rings. The molecule has 1 rings (SSSR count). The molecule has 1 heterocycles. The molecule has 0 saturated carbocycles. The summed E-state index contributed by atoms with van der Waals surface area (Å²) in [5.41, 5.74) is 0. The topological polar surface area (TPSA) is 279 Å². The van der Waals surface area contributed by atoms with Crippen molar-refractivity contribution < 1.29 is 57.8 Å². The lowest BCUT2D eigenvalue weighted by Crippen LogP contribution is -2.63. The van der Waals surface area contributed by atoms with Crippen LogP contribution >= 0.6 is 0 Å². The van der Waals surface area contributed by atoms with Crippen LogP contribution in [0.25, 0.3) is 0 Å². The summed E-state index contributed by atoms with van der Waals surface area (Å²) in [5.74, 6) is -10.0. The SMILES string of the molecule is C=C[C@@H](C)[C@@H](O)C1C(=O)N[C@@H](CC)C(=O)N(C)CC(=O)N(C)[C@@H](CC(C)C)C(=O)N[C@@H](C(C)C)C(=O)N(C)[C@@H](CC(C)C)C(=O)N[C@@H](C)C(=O)N[C@H](C)C(=O)N(C)[C@@H](CC(C)C)C(=O)N(C)[C@@H](CC(C)C)C(=O)N(C)[C@@H](C(C)C)C(=O)N1C. The lowest BCUT2D eigenvalue weighted by molar-refractivity contribution is -0.157. The number of nitrogens with one attached hydrogen (secondary N) is 4. The van der Waals surface area contributed by atoms with Crippen LogP contribution in [-0.4, -0.2) is 227 Å². The summed E-state index contributed by atoms with van der Waals surface area (Å²) in [4.78, 5) is 168. The first-order chi connectivity index (χ1) is 38.2. The van der Waals surface area contributed by atoms with Crippen LogP contribution in [0.2, 0.25) is 0 Å². The van der Waals surface area contributed by atoms with E-state index in [0.29, 0.717) is 0 Å². The summed E-state index contributed by atoms with van der Waals surface area (Å²) in [6.07, 6.45) is 0.449. The predicted octanol–water partition coefficient (Wildman–Crippen LogP) is 2.49. The fraction of sp³-hybridized carbons (Fsp3) is 0.783. The van der Waals surface area contributed by atoms with Gasteiger partial charge < -0.3 is 60.7 Å². The molecule has 23 nitrogen and oxygen atoms in total. The van der Waals surface area contributed by atoms with Gasteiger partial charge >= 0.3 is 0 Å². The average Bonchev–Trinajstić information content (AvgIpc) is 3.51. The standard InChI is InChI=1S/C60H107N11O12/c1-25-38(15)50(73)49-54(77)63-41(26-2)56(79)65(18)31-46(72)66(19)42(27-32(3)4)53(76)64-47(36(11)12)59(82)67(20)43(28-33(5)6)52(75)61-39(16)51(74)62-40(17)55(78)68(21)44(29-34(7)8)57(80)69(22)45(30-35(9)10)58(81)70(23)48(37(13)14)60(83)71(49)24/h25,32-45,47-50,73H,1,26-31H2,2-24H3,(H,61,75)(H,62,74)(H,63,77)(H,64,76)/t38-,39+,40-,41+,42+,43+,44+,45+,47+,48+,49?,50-/m1/s1. The molecule has 0 bridgehead atoms. The Morgan fingerprint density at radius 1 is 0.458 bits per heavy atom. The van der Waals surface area contributed by atoms with Crippen LogP contribution in [0.4, 0.5) is 0 Å². The zero-order valence-electron chi connectivity index (χ0n) is 54.5. The normalized spacial score (nSPS) is 27.1. The van der Waals surface area contributed by atoms with E-state index in [1.165, 1.54) is 93.8 Å². The fourth-order valence-corrected chi connectivity index (χ4v) is 10.3. The van der Waals surface area contributed by atoms with Crippen LogP contribution in [-0.2, 0) is 52.7 Å². The Kier molecular flexibility index (Phi) is 30.1. The highest BCUT2D eigenvalue weighted by molar-refractivity contribution is 5.99. The maximum absolute atomic E-state index is 15.0. The van der Waals surface area contributed by atoms with E-state index < -0.39 is 156 Å². The van der Waals surface area contributed by atoms with Gasteiger partial charge in [0.25, 0.3) is 0 Å². The molecular weight excluding hydrogens is 1070 g/mol. The number of hydrogen-bond donors (Lipinski definition) is 5. The molecule has 0 aromatic carbocycles. The van der Waals surface area contributed by atoms with Crippen LogP contribution in [0.1, 0.15) is 143 Å². The van der Waals surface area contributed by atoms with Crippen molar-refractivity contribution in [2.45, 2.75) is 209 Å². The molecule has 1 aliphatic heterocycles. The van der Waals surface area contributed by atoms with Crippen molar-refractivity contribution >= 4 is 65.0 Å². The highest BCUT2D eigenvalue weighted by Gasteiger charge is 2.45. The van der Waals surface area contributed by atoms with Crippen molar-refractivity contribution in [2.24, 2.45) is 41.4 Å². The van der Waals surface area contributed by atoms with E-state index in [-0.39, 0.29) is 55.8 Å². The fourth-order valence-electron chi connectivity index (χ4n) is 10.3. The Morgan fingerprint density at radius 2 is 0.855 bits per heavy atom. The third-order valence-electron chi connectivity index (χ3n) is 15.7. The Balaban J connectivity index is 4.28. The van der Waals surface area contributed by atoms with Crippen LogP contribution in [0.5, 0.6) is 0 Å². The molecule has 83 heavy (non-hydrogen) atoms. The van der Waals surface area contributed by atoms with Gasteiger partial charge in [-0.15, -0.1) is 6.58 Å². The number of hydrogen-bond acceptors (Lipinski definition) is 12. The Labute approximate surface area is 496 Å². The van der Waals surface area contributed by atoms with E-state index in [1.807, 2.05) is 55.4 Å². The zero-order valence-corrected chi connectivity index (χ0v) is 54.5. The summed E-state index contributed by atoms with van der Waals surface area (Å²) in [7, 11) is 9.82. The quantitative estimate of drug-likeness (QED) is 0.157. The number of nitrogens with zero attached hydrogens (tertiary/aromatic N) is 7. The smallest absolute Gasteiger partial charge is 0.246 e. The summed E-state index contributed by atoms with van der Waals surface area (Å²) in [6, 6.07) is -12.4. The molecule has 0 aliphatic carbocycles. The van der Waals surface area contributed by atoms with Gasteiger partial charge in [-0.05, 0) is 81.5 Å². The molecule has 0 spiro atoms. The average molecular weight is 1170 g/mol. The predicted molar refractivity (Wildman–Crippen MR) is 319 cm³/mol. The minimum atomic E-state index is -1.65. The first kappa shape index (κ1) is 74.9. The van der Waals surface area contributed by atoms with Crippen molar-refractivity contribution in [3.05, 3.63) is 12.7 Å². The largest absolute Gasteiger partial charge is 0.390 e. The van der Waals surface area contributed by atoms with Gasteiger partial charge in [0, 0.05) is 55.3 Å². The third-order valence-corrected chi connectivity index (χ3v) is 15.7. The molecule has 23 heteroatoms. The first-order valence-electron chi connectivity index (χ1n) is 29.6. The van der Waals surface area contributed by atoms with E-state index in [4.69, 9.17) is 0 Å². The van der Waals surface area contributed by atoms with E-state index in [9.17, 15) is 53.1 Å². The van der Waals surface area contributed by atoms with Crippen molar-refractivity contribution in [1.82, 2.24) is 55.6 Å². The molecule has 12 atom stereocenters. The Hall–Kier alpha value is -6.13. The molecule has 5 N–H and O–H groups in total. The van der Waals surface area contributed by atoms with Crippen LogP contribution in [0.15, 0.2) is 12.7 Å². The lowest BCUT2D eigenvalue weighted by Gasteiger charge is -2.41. The first-order valence-corrected chi connectivity index (χ1v) is 29.6. The van der Waals surface area contributed by atoms with Gasteiger partial charge in [-0.1, -0.05) is 103 Å². The van der Waals surface area contributed by atoms with E-state index in [2.05, 4.69) is 27.8 Å². The van der Waals surface area contributed by atoms with Crippen molar-refractivity contribution in [1.29, 1.82) is 0 Å². The number of aliphatic hydroxyl groups excluding tert-OH is 1. The zero-order chi connectivity index (χ0) is 64.6. The maximum Gasteiger partial charge on any atom is 0.246 e. The maximum atomic E-state index is 15.0. The van der Waals surface area contributed by atoms with Gasteiger partial charge in [-0.2, -0.15) is 0 Å². The molecule has 474 valence electrons. The Bertz CT molecular complexity index is 2270. The number of rotatable bonds is 14. The number of carbonyl (C=O) groups excluding carboxylic acids is 11. The summed E-state index contributed by atoms with van der Waals surface area (Å²) < 4.78 is 0. The van der Waals surface area contributed by atoms with Gasteiger partial charge in [0.1, 0.15) is 60.4 Å². The summed E-state index contributed by atoms with van der Waals surface area (Å²) in [5, 5.41) is 22.7. The molecule has 0 radical (unpaired) electrons. The second-order valence-electron chi connectivity index (χ2n) is 25.4. The molecular formula is C60H107N11O12. The van der Waals surface area contributed by atoms with Crippen LogP contribution < -0.4 is 21.3 Å². The van der Waals surface area contributed by atoms with Crippen LogP contribution in [0, 0.1) is 41.4 Å². The van der Waals surface area contributed by atoms with E-state index >= 15 is 4.79 Å². The second-order valence-corrected chi connectivity index (χ2v) is 25.4. The summed E-state index contributed by atoms with van der Waals surface area (Å²) >= 11 is 0. The molecule has 1 saturated heterocycles. The minimum Gasteiger partial charge on any atom is -0.390 e. The van der Waals surface area contributed by atoms with Crippen molar-refractivity contribution in [2.75, 3.05) is 55.9 Å². The second kappa shape index (κ2) is 33.4. The lowest BCUT2D eigenvalue weighted by atomic mass is 9.93. The highest BCUT2D eigenvalue weighted by Crippen LogP contribution is 2.25. The van der Waals surface area contributed by atoms with Gasteiger partial charge in [0.15, 0.2) is 0 Å². The van der Waals surface area contributed by atoms with Gasteiger partial charge in [-0.3, -0.25) is 52.7 Å². The van der Waals surface area contributed by atoms with E-state index in [1.54, 1.807) is 41.5 Å². The number of aliphatic hydroxyl groups is 1. The number of carbonyl (C=O) groups is 11. The highest BCUT2D eigenvalue weighted by atomic mass is 16.3. The number of amides is 11. The molecule has 1 fully saturated rings. The van der Waals surface area contributed by atoms with Gasteiger partial charge in [-0.25, -0.2) is 0 Å².